The van der Waals surface area contributed by atoms with Gasteiger partial charge in [-0.2, -0.15) is 0 Å². The van der Waals surface area contributed by atoms with Gasteiger partial charge in [0.15, 0.2) is 0 Å². The highest BCUT2D eigenvalue weighted by molar-refractivity contribution is 9.09. The number of fused-ring (bicyclic) bond motifs is 1. The van der Waals surface area contributed by atoms with Crippen molar-refractivity contribution in [3.8, 4) is 11.5 Å². The lowest BCUT2D eigenvalue weighted by molar-refractivity contribution is 0.303. The Morgan fingerprint density at radius 2 is 1.46 bits per heavy atom. The van der Waals surface area contributed by atoms with Crippen LogP contribution in [-0.2, 0) is 0 Å². The first-order valence-electron chi connectivity index (χ1n) is 9.11. The molecule has 0 atom stereocenters. The second kappa shape index (κ2) is 10.6. The standard InChI is InChI=1S/C21H29BrO2/c1-3-4-7-14-23-20-11-12-21(24-15-8-5-6-13-22)19-16-17(2)9-10-18(19)20/h9-12,16H,3-8,13-15H2,1-2H3. The minimum absolute atomic E-state index is 0.771. The lowest BCUT2D eigenvalue weighted by Gasteiger charge is -2.14. The molecule has 0 fully saturated rings. The van der Waals surface area contributed by atoms with Gasteiger partial charge in [-0.25, -0.2) is 0 Å². The van der Waals surface area contributed by atoms with Crippen LogP contribution in [0, 0.1) is 6.92 Å². The molecule has 0 spiro atoms. The van der Waals surface area contributed by atoms with Crippen LogP contribution < -0.4 is 9.47 Å². The summed E-state index contributed by atoms with van der Waals surface area (Å²) in [6.07, 6.45) is 7.02. The summed E-state index contributed by atoms with van der Waals surface area (Å²) >= 11 is 3.47. The van der Waals surface area contributed by atoms with E-state index < -0.39 is 0 Å². The molecule has 0 aliphatic carbocycles. The van der Waals surface area contributed by atoms with Crippen LogP contribution in [0.15, 0.2) is 30.3 Å². The molecular weight excluding hydrogens is 364 g/mol. The average molecular weight is 393 g/mol. The van der Waals surface area contributed by atoms with E-state index >= 15 is 0 Å². The quantitative estimate of drug-likeness (QED) is 0.314. The van der Waals surface area contributed by atoms with E-state index in [-0.39, 0.29) is 0 Å². The Hall–Kier alpha value is -1.22. The lowest BCUT2D eigenvalue weighted by Crippen LogP contribution is -2.01. The number of unbranched alkanes of at least 4 members (excludes halogenated alkanes) is 4. The fraction of sp³-hybridized carbons (Fsp3) is 0.524. The van der Waals surface area contributed by atoms with Crippen LogP contribution in [0.4, 0.5) is 0 Å². The molecule has 0 bridgehead atoms. The molecule has 2 aromatic carbocycles. The molecule has 0 aliphatic rings. The highest BCUT2D eigenvalue weighted by atomic mass is 79.9. The van der Waals surface area contributed by atoms with Gasteiger partial charge in [-0.05, 0) is 50.8 Å². The van der Waals surface area contributed by atoms with Crippen LogP contribution in [0.3, 0.4) is 0 Å². The van der Waals surface area contributed by atoms with E-state index in [2.05, 4.69) is 60.1 Å². The number of hydrogen-bond acceptors (Lipinski definition) is 2. The topological polar surface area (TPSA) is 18.5 Å². The molecule has 0 aromatic heterocycles. The molecule has 0 heterocycles. The highest BCUT2D eigenvalue weighted by Gasteiger charge is 2.08. The Kier molecular flexibility index (Phi) is 8.44. The van der Waals surface area contributed by atoms with Crippen LogP contribution in [0.5, 0.6) is 11.5 Å². The number of hydrogen-bond donors (Lipinski definition) is 0. The third-order valence-corrected chi connectivity index (χ3v) is 4.69. The van der Waals surface area contributed by atoms with E-state index in [0.717, 1.165) is 53.7 Å². The number of alkyl halides is 1. The van der Waals surface area contributed by atoms with Gasteiger partial charge in [0.1, 0.15) is 11.5 Å². The summed E-state index contributed by atoms with van der Waals surface area (Å²) in [6, 6.07) is 10.6. The van der Waals surface area contributed by atoms with Crippen molar-refractivity contribution in [3.63, 3.8) is 0 Å². The Morgan fingerprint density at radius 1 is 0.792 bits per heavy atom. The van der Waals surface area contributed by atoms with Crippen molar-refractivity contribution in [2.45, 2.75) is 52.4 Å². The number of halogens is 1. The Morgan fingerprint density at radius 3 is 2.12 bits per heavy atom. The molecular formula is C21H29BrO2. The second-order valence-corrected chi connectivity index (χ2v) is 7.06. The van der Waals surface area contributed by atoms with Gasteiger partial charge in [-0.1, -0.05) is 53.4 Å². The molecule has 0 aliphatic heterocycles. The van der Waals surface area contributed by atoms with Crippen molar-refractivity contribution in [1.82, 2.24) is 0 Å². The van der Waals surface area contributed by atoms with Crippen molar-refractivity contribution in [3.05, 3.63) is 35.9 Å². The van der Waals surface area contributed by atoms with Crippen molar-refractivity contribution < 1.29 is 9.47 Å². The molecule has 3 heteroatoms. The minimum atomic E-state index is 0.771. The molecule has 0 amide bonds. The monoisotopic (exact) mass is 392 g/mol. The molecule has 0 unspecified atom stereocenters. The molecule has 0 saturated carbocycles. The first kappa shape index (κ1) is 19.1. The molecule has 0 radical (unpaired) electrons. The average Bonchev–Trinajstić information content (AvgIpc) is 2.59. The fourth-order valence-corrected chi connectivity index (χ4v) is 3.15. The Labute approximate surface area is 154 Å². The Balaban J connectivity index is 2.10. The maximum Gasteiger partial charge on any atom is 0.127 e. The van der Waals surface area contributed by atoms with Crippen molar-refractivity contribution in [2.75, 3.05) is 18.5 Å². The van der Waals surface area contributed by atoms with Crippen LogP contribution in [0.2, 0.25) is 0 Å². The number of aryl methyl sites for hydroxylation is 1. The van der Waals surface area contributed by atoms with E-state index in [4.69, 9.17) is 9.47 Å². The van der Waals surface area contributed by atoms with Crippen LogP contribution in [0.25, 0.3) is 10.8 Å². The van der Waals surface area contributed by atoms with Gasteiger partial charge in [0.2, 0.25) is 0 Å². The van der Waals surface area contributed by atoms with E-state index in [0.29, 0.717) is 0 Å². The van der Waals surface area contributed by atoms with Gasteiger partial charge in [-0.3, -0.25) is 0 Å². The minimum Gasteiger partial charge on any atom is -0.493 e. The summed E-state index contributed by atoms with van der Waals surface area (Å²) in [5.74, 6) is 1.93. The van der Waals surface area contributed by atoms with Gasteiger partial charge in [-0.15, -0.1) is 0 Å². The van der Waals surface area contributed by atoms with Crippen molar-refractivity contribution >= 4 is 26.7 Å². The summed E-state index contributed by atoms with van der Waals surface area (Å²) < 4.78 is 12.1. The van der Waals surface area contributed by atoms with E-state index in [1.165, 1.54) is 31.2 Å². The molecule has 0 N–H and O–H groups in total. The molecule has 132 valence electrons. The van der Waals surface area contributed by atoms with Gasteiger partial charge >= 0.3 is 0 Å². The van der Waals surface area contributed by atoms with Crippen LogP contribution >= 0.6 is 15.9 Å². The fourth-order valence-electron chi connectivity index (χ4n) is 2.75. The first-order valence-corrected chi connectivity index (χ1v) is 10.2. The summed E-state index contributed by atoms with van der Waals surface area (Å²) in [4.78, 5) is 0. The molecule has 2 nitrogen and oxygen atoms in total. The smallest absolute Gasteiger partial charge is 0.127 e. The van der Waals surface area contributed by atoms with Crippen LogP contribution in [-0.4, -0.2) is 18.5 Å². The third-order valence-electron chi connectivity index (χ3n) is 4.13. The first-order chi connectivity index (χ1) is 11.8. The summed E-state index contributed by atoms with van der Waals surface area (Å²) in [6.45, 7) is 5.88. The normalized spacial score (nSPS) is 11.0. The summed E-state index contributed by atoms with van der Waals surface area (Å²) in [7, 11) is 0. The zero-order valence-corrected chi connectivity index (χ0v) is 16.5. The largest absolute Gasteiger partial charge is 0.493 e. The van der Waals surface area contributed by atoms with Gasteiger partial charge < -0.3 is 9.47 Å². The number of benzene rings is 2. The predicted molar refractivity (Wildman–Crippen MR) is 107 cm³/mol. The maximum atomic E-state index is 6.05. The van der Waals surface area contributed by atoms with E-state index in [1.807, 2.05) is 0 Å². The van der Waals surface area contributed by atoms with Crippen molar-refractivity contribution in [1.29, 1.82) is 0 Å². The number of rotatable bonds is 11. The van der Waals surface area contributed by atoms with Gasteiger partial charge in [0, 0.05) is 16.1 Å². The van der Waals surface area contributed by atoms with E-state index in [9.17, 15) is 0 Å². The zero-order valence-electron chi connectivity index (χ0n) is 14.9. The Bertz CT molecular complexity index is 625. The maximum absolute atomic E-state index is 6.05. The molecule has 24 heavy (non-hydrogen) atoms. The SMILES string of the molecule is CCCCCOc1ccc(OCCCCCBr)c2cc(C)ccc12. The van der Waals surface area contributed by atoms with Crippen LogP contribution in [0.1, 0.15) is 51.0 Å². The number of ether oxygens (including phenoxy) is 2. The summed E-state index contributed by atoms with van der Waals surface area (Å²) in [5, 5.41) is 3.37. The second-order valence-electron chi connectivity index (χ2n) is 6.26. The van der Waals surface area contributed by atoms with Gasteiger partial charge in [0.05, 0.1) is 13.2 Å². The molecule has 2 rings (SSSR count). The lowest BCUT2D eigenvalue weighted by atomic mass is 10.1. The predicted octanol–water partition coefficient (Wildman–Crippen LogP) is 6.66. The third kappa shape index (κ3) is 5.70. The van der Waals surface area contributed by atoms with E-state index in [1.54, 1.807) is 0 Å². The summed E-state index contributed by atoms with van der Waals surface area (Å²) in [5.41, 5.74) is 1.25. The zero-order chi connectivity index (χ0) is 17.2. The molecule has 2 aromatic rings. The highest BCUT2D eigenvalue weighted by Crippen LogP contribution is 2.34. The van der Waals surface area contributed by atoms with Crippen molar-refractivity contribution in [2.24, 2.45) is 0 Å². The molecule has 0 saturated heterocycles. The van der Waals surface area contributed by atoms with Gasteiger partial charge in [0.25, 0.3) is 0 Å².